The minimum Gasteiger partial charge on any atom is -0.799 e. The average Bonchev–Trinajstić information content (AvgIpc) is 2.35. The minimum atomic E-state index is -2.94. The molecule has 7 heteroatoms. The zero-order valence-electron chi connectivity index (χ0n) is 12.9. The molecule has 0 aliphatic carbocycles. The van der Waals surface area contributed by atoms with Crippen molar-refractivity contribution in [1.82, 2.24) is 0 Å². The molecule has 19 heavy (non-hydrogen) atoms. The number of hydrogen-bond donors (Lipinski definition) is 0. The first-order chi connectivity index (χ1) is 8.24. The molecule has 0 saturated heterocycles. The Labute approximate surface area is 148 Å². The second-order valence-corrected chi connectivity index (χ2v) is 9.83. The van der Waals surface area contributed by atoms with E-state index >= 15 is 0 Å². The van der Waals surface area contributed by atoms with Gasteiger partial charge >= 0.3 is 37.7 Å². The zero-order chi connectivity index (χ0) is 14.7. The maximum atomic E-state index is 10.8. The van der Waals surface area contributed by atoms with Crippen LogP contribution in [-0.2, 0) is 9.13 Å². The van der Waals surface area contributed by atoms with Gasteiger partial charge in [0.15, 0.2) is 0 Å². The van der Waals surface area contributed by atoms with E-state index in [0.717, 1.165) is 25.7 Å². The van der Waals surface area contributed by atoms with Crippen LogP contribution in [0.1, 0.15) is 53.4 Å². The molecular formula is C12H28CaO4P2. The van der Waals surface area contributed by atoms with Crippen molar-refractivity contribution in [3.8, 4) is 0 Å². The molecule has 0 saturated carbocycles. The quantitative estimate of drug-likeness (QED) is 0.503. The Hall–Kier alpha value is 1.64. The summed E-state index contributed by atoms with van der Waals surface area (Å²) in [6, 6.07) is 0. The molecule has 0 heterocycles. The standard InChI is InChI=1S/2C6H15O2P.Ca/c2*1-3-5-6-9(7,8)4-2;/h2*3-6H2,1-2H3,(H,7,8);/q;;+2/p-2. The third kappa shape index (κ3) is 19.6. The van der Waals surface area contributed by atoms with Gasteiger partial charge in [0.25, 0.3) is 0 Å². The predicted octanol–water partition coefficient (Wildman–Crippen LogP) is 2.51. The summed E-state index contributed by atoms with van der Waals surface area (Å²) < 4.78 is 21.6. The molecule has 2 unspecified atom stereocenters. The molecular weight excluding hydrogens is 310 g/mol. The molecule has 0 rings (SSSR count). The first-order valence-corrected chi connectivity index (χ1v) is 10.8. The maximum absolute atomic E-state index is 10.8. The van der Waals surface area contributed by atoms with Gasteiger partial charge in [-0.3, -0.25) is 0 Å². The van der Waals surface area contributed by atoms with E-state index in [4.69, 9.17) is 0 Å². The van der Waals surface area contributed by atoms with Gasteiger partial charge < -0.3 is 18.9 Å². The van der Waals surface area contributed by atoms with Crippen LogP contribution in [0.15, 0.2) is 0 Å². The Balaban J connectivity index is -0.000000256. The van der Waals surface area contributed by atoms with E-state index in [2.05, 4.69) is 0 Å². The van der Waals surface area contributed by atoms with Crippen LogP contribution in [-0.4, -0.2) is 62.4 Å². The van der Waals surface area contributed by atoms with Crippen LogP contribution in [0.2, 0.25) is 0 Å². The van der Waals surface area contributed by atoms with Crippen molar-refractivity contribution in [3.63, 3.8) is 0 Å². The molecule has 0 aliphatic heterocycles. The van der Waals surface area contributed by atoms with E-state index in [1.807, 2.05) is 13.8 Å². The summed E-state index contributed by atoms with van der Waals surface area (Å²) in [4.78, 5) is 21.6. The largest absolute Gasteiger partial charge is 2.00 e. The first kappa shape index (κ1) is 25.6. The Morgan fingerprint density at radius 2 is 1.00 bits per heavy atom. The van der Waals surface area contributed by atoms with Gasteiger partial charge in [0, 0.05) is 14.7 Å². The van der Waals surface area contributed by atoms with Gasteiger partial charge in [-0.2, -0.15) is 0 Å². The van der Waals surface area contributed by atoms with Gasteiger partial charge in [-0.1, -0.05) is 40.5 Å². The maximum Gasteiger partial charge on any atom is 2.00 e. The van der Waals surface area contributed by atoms with Crippen LogP contribution < -0.4 is 9.79 Å². The van der Waals surface area contributed by atoms with E-state index in [1.165, 1.54) is 0 Å². The molecule has 0 fully saturated rings. The smallest absolute Gasteiger partial charge is 0.799 e. The van der Waals surface area contributed by atoms with Crippen molar-refractivity contribution in [1.29, 1.82) is 0 Å². The Bertz CT molecular complexity index is 257. The van der Waals surface area contributed by atoms with Crippen LogP contribution in [0.3, 0.4) is 0 Å². The van der Waals surface area contributed by atoms with E-state index < -0.39 is 14.7 Å². The fourth-order valence-corrected chi connectivity index (χ4v) is 3.34. The van der Waals surface area contributed by atoms with Crippen molar-refractivity contribution in [3.05, 3.63) is 0 Å². The molecule has 0 spiro atoms. The third-order valence-electron chi connectivity index (χ3n) is 2.67. The van der Waals surface area contributed by atoms with E-state index in [0.29, 0.717) is 24.6 Å². The van der Waals surface area contributed by atoms with Gasteiger partial charge in [0.2, 0.25) is 0 Å². The zero-order valence-corrected chi connectivity index (χ0v) is 16.9. The first-order valence-electron chi connectivity index (χ1n) is 6.82. The van der Waals surface area contributed by atoms with E-state index in [9.17, 15) is 18.9 Å². The molecule has 0 N–H and O–H groups in total. The van der Waals surface area contributed by atoms with Crippen molar-refractivity contribution in [2.45, 2.75) is 53.4 Å². The van der Waals surface area contributed by atoms with Gasteiger partial charge in [0.1, 0.15) is 0 Å². The number of hydrogen-bond acceptors (Lipinski definition) is 4. The molecule has 0 aromatic rings. The summed E-state index contributed by atoms with van der Waals surface area (Å²) in [7, 11) is -5.88. The second-order valence-electron chi connectivity index (χ2n) is 4.42. The summed E-state index contributed by atoms with van der Waals surface area (Å²) in [6.07, 6.45) is 4.96. The fraction of sp³-hybridized carbons (Fsp3) is 1.00. The Morgan fingerprint density at radius 3 is 1.16 bits per heavy atom. The third-order valence-corrected chi connectivity index (χ3v) is 6.59. The summed E-state index contributed by atoms with van der Waals surface area (Å²) in [5, 5.41) is 0. The molecule has 2 atom stereocenters. The van der Waals surface area contributed by atoms with Gasteiger partial charge in [-0.15, -0.1) is 0 Å². The molecule has 0 radical (unpaired) electrons. The molecule has 0 aliphatic rings. The summed E-state index contributed by atoms with van der Waals surface area (Å²) in [5.74, 6) is 0. The van der Waals surface area contributed by atoms with Crippen LogP contribution in [0.5, 0.6) is 0 Å². The SMILES string of the molecule is CCCCP(=O)([O-])CC.CCCCP(=O)([O-])CC.[Ca+2]. The van der Waals surface area contributed by atoms with E-state index in [-0.39, 0.29) is 37.7 Å². The Kier molecular flexibility index (Phi) is 19.6. The average molecular weight is 338 g/mol. The molecule has 0 amide bonds. The van der Waals surface area contributed by atoms with Crippen molar-refractivity contribution in [2.75, 3.05) is 24.6 Å². The number of unbranched alkanes of at least 4 members (excludes halogenated alkanes) is 2. The van der Waals surface area contributed by atoms with E-state index in [1.54, 1.807) is 13.8 Å². The van der Waals surface area contributed by atoms with Crippen LogP contribution in [0.25, 0.3) is 0 Å². The molecule has 0 aromatic carbocycles. The molecule has 0 aromatic heterocycles. The van der Waals surface area contributed by atoms with Gasteiger partial charge in [0.05, 0.1) is 0 Å². The molecule has 4 nitrogen and oxygen atoms in total. The monoisotopic (exact) mass is 338 g/mol. The molecule has 112 valence electrons. The summed E-state index contributed by atoms with van der Waals surface area (Å²) >= 11 is 0. The van der Waals surface area contributed by atoms with Crippen molar-refractivity contribution >= 4 is 52.5 Å². The molecule has 0 bridgehead atoms. The Morgan fingerprint density at radius 1 is 0.737 bits per heavy atom. The predicted molar refractivity (Wildman–Crippen MR) is 81.6 cm³/mol. The fourth-order valence-electron chi connectivity index (χ4n) is 1.11. The van der Waals surface area contributed by atoms with Crippen molar-refractivity contribution in [2.24, 2.45) is 0 Å². The summed E-state index contributed by atoms with van der Waals surface area (Å²) in [6.45, 7) is 7.39. The topological polar surface area (TPSA) is 80.3 Å². The van der Waals surface area contributed by atoms with Crippen molar-refractivity contribution < 1.29 is 18.9 Å². The van der Waals surface area contributed by atoms with Crippen LogP contribution in [0, 0.1) is 0 Å². The summed E-state index contributed by atoms with van der Waals surface area (Å²) in [5.41, 5.74) is 0. The minimum absolute atomic E-state index is 0. The number of rotatable bonds is 8. The van der Waals surface area contributed by atoms with Crippen LogP contribution >= 0.6 is 14.7 Å². The normalized spacial score (nSPS) is 16.3. The van der Waals surface area contributed by atoms with Gasteiger partial charge in [-0.25, -0.2) is 0 Å². The van der Waals surface area contributed by atoms with Gasteiger partial charge in [-0.05, 0) is 37.5 Å². The van der Waals surface area contributed by atoms with Crippen LogP contribution in [0.4, 0.5) is 0 Å². The second kappa shape index (κ2) is 14.6.